The number of esters is 1. The van der Waals surface area contributed by atoms with Gasteiger partial charge in [0.1, 0.15) is 12.1 Å². The monoisotopic (exact) mass is 356 g/mol. The third-order valence-electron chi connectivity index (χ3n) is 3.30. The van der Waals surface area contributed by atoms with Crippen molar-refractivity contribution in [2.45, 2.75) is 40.2 Å². The second-order valence-electron chi connectivity index (χ2n) is 6.90. The predicted octanol–water partition coefficient (Wildman–Crippen LogP) is 2.36. The van der Waals surface area contributed by atoms with Crippen molar-refractivity contribution in [1.82, 2.24) is 19.9 Å². The zero-order chi connectivity index (χ0) is 19.3. The maximum atomic E-state index is 11.8. The van der Waals surface area contributed by atoms with E-state index in [1.165, 1.54) is 6.08 Å². The smallest absolute Gasteiger partial charge is 0.325 e. The van der Waals surface area contributed by atoms with Crippen LogP contribution in [0.25, 0.3) is 11.8 Å². The molecule has 7 nitrogen and oxygen atoms in total. The van der Waals surface area contributed by atoms with Crippen LogP contribution in [0.15, 0.2) is 30.7 Å². The molecule has 2 rings (SSSR count). The van der Waals surface area contributed by atoms with Crippen LogP contribution in [-0.2, 0) is 14.3 Å². The number of rotatable bonds is 5. The molecule has 138 valence electrons. The van der Waals surface area contributed by atoms with Crippen molar-refractivity contribution in [2.24, 2.45) is 0 Å². The van der Waals surface area contributed by atoms with E-state index in [2.05, 4.69) is 15.3 Å². The quantitative estimate of drug-likeness (QED) is 0.656. The highest BCUT2D eigenvalue weighted by Crippen LogP contribution is 2.14. The Kier molecular flexibility index (Phi) is 5.92. The van der Waals surface area contributed by atoms with Gasteiger partial charge in [-0.3, -0.25) is 14.6 Å². The Labute approximate surface area is 153 Å². The van der Waals surface area contributed by atoms with Crippen molar-refractivity contribution in [2.75, 3.05) is 6.54 Å². The maximum Gasteiger partial charge on any atom is 0.325 e. The minimum atomic E-state index is -0.575. The largest absolute Gasteiger partial charge is 0.459 e. The predicted molar refractivity (Wildman–Crippen MR) is 98.7 cm³/mol. The number of pyridine rings is 1. The van der Waals surface area contributed by atoms with Gasteiger partial charge in [0.15, 0.2) is 0 Å². The Bertz CT molecular complexity index is 832. The molecule has 2 heterocycles. The highest BCUT2D eigenvalue weighted by molar-refractivity contribution is 5.93. The van der Waals surface area contributed by atoms with Gasteiger partial charge in [-0.25, -0.2) is 4.98 Å². The average molecular weight is 356 g/mol. The molecular weight excluding hydrogens is 332 g/mol. The molecular formula is C19H24N4O3. The van der Waals surface area contributed by atoms with Crippen LogP contribution in [0.2, 0.25) is 0 Å². The molecule has 2 aromatic heterocycles. The van der Waals surface area contributed by atoms with Crippen molar-refractivity contribution >= 4 is 18.0 Å². The van der Waals surface area contributed by atoms with Crippen molar-refractivity contribution in [3.8, 4) is 5.69 Å². The topological polar surface area (TPSA) is 86.1 Å². The summed E-state index contributed by atoms with van der Waals surface area (Å²) < 4.78 is 7.03. The van der Waals surface area contributed by atoms with Gasteiger partial charge < -0.3 is 14.6 Å². The molecule has 0 aliphatic heterocycles. The fourth-order valence-corrected chi connectivity index (χ4v) is 2.25. The summed E-state index contributed by atoms with van der Waals surface area (Å²) in [6.07, 6.45) is 6.59. The molecule has 1 amide bonds. The van der Waals surface area contributed by atoms with Gasteiger partial charge in [-0.1, -0.05) is 0 Å². The third kappa shape index (κ3) is 5.84. The van der Waals surface area contributed by atoms with Crippen molar-refractivity contribution in [3.63, 3.8) is 0 Å². The zero-order valence-electron chi connectivity index (χ0n) is 15.7. The Balaban J connectivity index is 1.94. The van der Waals surface area contributed by atoms with Gasteiger partial charge in [0.2, 0.25) is 5.91 Å². The summed E-state index contributed by atoms with van der Waals surface area (Å²) in [7, 11) is 0. The number of ether oxygens (including phenoxy) is 1. The maximum absolute atomic E-state index is 11.8. The van der Waals surface area contributed by atoms with Gasteiger partial charge in [0.25, 0.3) is 0 Å². The molecule has 0 radical (unpaired) electrons. The van der Waals surface area contributed by atoms with Gasteiger partial charge in [-0.2, -0.15) is 0 Å². The summed E-state index contributed by atoms with van der Waals surface area (Å²) in [6.45, 7) is 8.96. The first-order valence-corrected chi connectivity index (χ1v) is 8.30. The summed E-state index contributed by atoms with van der Waals surface area (Å²) in [4.78, 5) is 32.1. The van der Waals surface area contributed by atoms with E-state index >= 15 is 0 Å². The number of nitrogens with one attached hydrogen (secondary N) is 1. The van der Waals surface area contributed by atoms with Crippen LogP contribution < -0.4 is 5.32 Å². The number of hydrogen-bond acceptors (Lipinski definition) is 5. The summed E-state index contributed by atoms with van der Waals surface area (Å²) in [6, 6.07) is 3.73. The van der Waals surface area contributed by atoms with E-state index in [4.69, 9.17) is 4.74 Å². The Morgan fingerprint density at radius 3 is 2.58 bits per heavy atom. The van der Waals surface area contributed by atoms with Crippen LogP contribution >= 0.6 is 0 Å². The molecule has 26 heavy (non-hydrogen) atoms. The molecule has 0 aliphatic rings. The molecule has 0 spiro atoms. The van der Waals surface area contributed by atoms with Crippen molar-refractivity contribution in [1.29, 1.82) is 0 Å². The molecule has 0 bridgehead atoms. The minimum absolute atomic E-state index is 0.175. The van der Waals surface area contributed by atoms with Crippen LogP contribution in [0.1, 0.15) is 37.9 Å². The molecule has 0 saturated heterocycles. The highest BCUT2D eigenvalue weighted by atomic mass is 16.6. The van der Waals surface area contributed by atoms with Gasteiger partial charge in [-0.15, -0.1) is 0 Å². The summed E-state index contributed by atoms with van der Waals surface area (Å²) in [5, 5.41) is 2.49. The lowest BCUT2D eigenvalue weighted by Gasteiger charge is -2.19. The van der Waals surface area contributed by atoms with Gasteiger partial charge in [-0.05, 0) is 52.8 Å². The normalized spacial score (nSPS) is 11.6. The lowest BCUT2D eigenvalue weighted by Crippen LogP contribution is -2.33. The first kappa shape index (κ1) is 19.4. The number of aromatic nitrogens is 3. The number of carbonyl (C=O) groups excluding carboxylic acids is 2. The number of imidazole rings is 1. The van der Waals surface area contributed by atoms with Crippen molar-refractivity contribution in [3.05, 3.63) is 47.8 Å². The summed E-state index contributed by atoms with van der Waals surface area (Å²) in [5.74, 6) is -0.863. The summed E-state index contributed by atoms with van der Waals surface area (Å²) in [5.41, 5.74) is 2.75. The number of aryl methyl sites for hydroxylation is 2. The van der Waals surface area contributed by atoms with Crippen LogP contribution in [0, 0.1) is 13.8 Å². The van der Waals surface area contributed by atoms with E-state index in [9.17, 15) is 9.59 Å². The fraction of sp³-hybridized carbons (Fsp3) is 0.368. The Morgan fingerprint density at radius 1 is 1.27 bits per heavy atom. The molecule has 1 N–H and O–H groups in total. The average Bonchev–Trinajstić information content (AvgIpc) is 2.95. The molecule has 7 heteroatoms. The van der Waals surface area contributed by atoms with E-state index in [1.807, 2.05) is 36.7 Å². The van der Waals surface area contributed by atoms with Crippen LogP contribution in [0.5, 0.6) is 0 Å². The fourth-order valence-electron chi connectivity index (χ4n) is 2.25. The van der Waals surface area contributed by atoms with E-state index in [1.54, 1.807) is 33.2 Å². The van der Waals surface area contributed by atoms with E-state index < -0.39 is 11.6 Å². The highest BCUT2D eigenvalue weighted by Gasteiger charge is 2.16. The van der Waals surface area contributed by atoms with Crippen molar-refractivity contribution < 1.29 is 14.3 Å². The lowest BCUT2D eigenvalue weighted by molar-refractivity contribution is -0.154. The minimum Gasteiger partial charge on any atom is -0.459 e. The summed E-state index contributed by atoms with van der Waals surface area (Å²) >= 11 is 0. The number of hydrogen-bond donors (Lipinski definition) is 1. The molecule has 0 aliphatic carbocycles. The molecule has 0 aromatic carbocycles. The lowest BCUT2D eigenvalue weighted by atomic mass is 10.2. The molecule has 2 aromatic rings. The molecule has 0 saturated carbocycles. The van der Waals surface area contributed by atoms with Crippen LogP contribution in [0.3, 0.4) is 0 Å². The van der Waals surface area contributed by atoms with E-state index in [0.29, 0.717) is 5.69 Å². The first-order valence-electron chi connectivity index (χ1n) is 8.30. The SMILES string of the molecule is Cc1cn(-c2ccc(/C=C/C(=O)NCC(=O)OC(C)(C)C)nc2C)cn1. The molecule has 0 unspecified atom stereocenters. The molecule has 0 atom stereocenters. The number of amides is 1. The number of carbonyl (C=O) groups is 2. The molecule has 0 fully saturated rings. The standard InChI is InChI=1S/C19H24N4O3/c1-13-11-23(12-21-13)16-8-6-15(22-14(16)2)7-9-17(24)20-10-18(25)26-19(3,4)5/h6-9,11-12H,10H2,1-5H3,(H,20,24)/b9-7+. The van der Waals surface area contributed by atoms with E-state index in [0.717, 1.165) is 17.1 Å². The Morgan fingerprint density at radius 2 is 2.00 bits per heavy atom. The first-order chi connectivity index (χ1) is 12.1. The second-order valence-corrected chi connectivity index (χ2v) is 6.90. The number of nitrogens with zero attached hydrogens (tertiary/aromatic N) is 3. The van der Waals surface area contributed by atoms with Gasteiger partial charge in [0, 0.05) is 12.3 Å². The zero-order valence-corrected chi connectivity index (χ0v) is 15.7. The van der Waals surface area contributed by atoms with Gasteiger partial charge in [0.05, 0.1) is 29.1 Å². The second kappa shape index (κ2) is 7.95. The third-order valence-corrected chi connectivity index (χ3v) is 3.30. The van der Waals surface area contributed by atoms with Crippen LogP contribution in [-0.4, -0.2) is 38.6 Å². The van der Waals surface area contributed by atoms with E-state index in [-0.39, 0.29) is 12.5 Å². The Hall–Kier alpha value is -2.96. The van der Waals surface area contributed by atoms with Crippen LogP contribution in [0.4, 0.5) is 0 Å². The van der Waals surface area contributed by atoms with Gasteiger partial charge >= 0.3 is 5.97 Å².